The van der Waals surface area contributed by atoms with Gasteiger partial charge in [0.25, 0.3) is 11.8 Å². The zero-order chi connectivity index (χ0) is 15.7. The molecule has 0 atom stereocenters. The van der Waals surface area contributed by atoms with Crippen LogP contribution in [-0.2, 0) is 16.1 Å². The first kappa shape index (κ1) is 13.9. The standard InChI is InChI=1S/C16H12N2O4/c1-10(19)22-9-11-6-7-14(17-8-11)18-15(20)12-4-2-3-5-13(12)16(18)21/h2-8H,9H2,1H3. The van der Waals surface area contributed by atoms with E-state index in [1.165, 1.54) is 13.1 Å². The number of carbonyl (C=O) groups excluding carboxylic acids is 3. The molecular formula is C16H12N2O4. The van der Waals surface area contributed by atoms with Gasteiger partial charge in [0.15, 0.2) is 0 Å². The summed E-state index contributed by atoms with van der Waals surface area (Å²) in [6, 6.07) is 9.87. The van der Waals surface area contributed by atoms with Gasteiger partial charge in [-0.3, -0.25) is 14.4 Å². The smallest absolute Gasteiger partial charge is 0.302 e. The van der Waals surface area contributed by atoms with E-state index in [1.54, 1.807) is 36.4 Å². The van der Waals surface area contributed by atoms with Crippen LogP contribution in [0, 0.1) is 0 Å². The summed E-state index contributed by atoms with van der Waals surface area (Å²) < 4.78 is 4.86. The maximum Gasteiger partial charge on any atom is 0.302 e. The average molecular weight is 296 g/mol. The Morgan fingerprint density at radius 1 is 1.09 bits per heavy atom. The average Bonchev–Trinajstić information content (AvgIpc) is 2.78. The monoisotopic (exact) mass is 296 g/mol. The van der Waals surface area contributed by atoms with Gasteiger partial charge in [-0.15, -0.1) is 0 Å². The predicted molar refractivity (Wildman–Crippen MR) is 77.3 cm³/mol. The Morgan fingerprint density at radius 3 is 2.23 bits per heavy atom. The van der Waals surface area contributed by atoms with Crippen LogP contribution in [0.15, 0.2) is 42.6 Å². The minimum absolute atomic E-state index is 0.102. The normalized spacial score (nSPS) is 13.2. The molecule has 1 aromatic heterocycles. The Hall–Kier alpha value is -3.02. The van der Waals surface area contributed by atoms with Crippen LogP contribution in [0.25, 0.3) is 0 Å². The number of anilines is 1. The van der Waals surface area contributed by atoms with Crippen molar-refractivity contribution in [2.45, 2.75) is 13.5 Å². The fraction of sp³-hybridized carbons (Fsp3) is 0.125. The number of nitrogens with zero attached hydrogens (tertiary/aromatic N) is 2. The summed E-state index contributed by atoms with van der Waals surface area (Å²) >= 11 is 0. The molecule has 0 spiro atoms. The lowest BCUT2D eigenvalue weighted by molar-refractivity contribution is -0.142. The minimum Gasteiger partial charge on any atom is -0.461 e. The molecule has 3 rings (SSSR count). The molecule has 22 heavy (non-hydrogen) atoms. The highest BCUT2D eigenvalue weighted by molar-refractivity contribution is 6.34. The number of ether oxygens (including phenoxy) is 1. The molecule has 0 radical (unpaired) electrons. The lowest BCUT2D eigenvalue weighted by atomic mass is 10.1. The zero-order valence-corrected chi connectivity index (χ0v) is 11.8. The van der Waals surface area contributed by atoms with Gasteiger partial charge in [0.05, 0.1) is 11.1 Å². The van der Waals surface area contributed by atoms with E-state index in [2.05, 4.69) is 4.98 Å². The molecule has 0 N–H and O–H groups in total. The molecule has 1 aromatic carbocycles. The summed E-state index contributed by atoms with van der Waals surface area (Å²) in [5.74, 6) is -0.913. The van der Waals surface area contributed by atoms with Crippen LogP contribution in [0.4, 0.5) is 5.82 Å². The largest absolute Gasteiger partial charge is 0.461 e. The third-order valence-corrected chi connectivity index (χ3v) is 3.27. The summed E-state index contributed by atoms with van der Waals surface area (Å²) in [6.45, 7) is 1.42. The third kappa shape index (κ3) is 2.35. The minimum atomic E-state index is -0.388. The van der Waals surface area contributed by atoms with Crippen molar-refractivity contribution in [3.05, 3.63) is 59.3 Å². The van der Waals surface area contributed by atoms with Crippen molar-refractivity contribution in [1.82, 2.24) is 4.98 Å². The quantitative estimate of drug-likeness (QED) is 0.639. The molecule has 2 amide bonds. The van der Waals surface area contributed by atoms with Crippen LogP contribution < -0.4 is 4.90 Å². The van der Waals surface area contributed by atoms with E-state index in [0.717, 1.165) is 4.90 Å². The summed E-state index contributed by atoms with van der Waals surface area (Å²) in [7, 11) is 0. The molecule has 110 valence electrons. The number of benzene rings is 1. The Labute approximate surface area is 126 Å². The van der Waals surface area contributed by atoms with Crippen molar-refractivity contribution in [2.75, 3.05) is 4.90 Å². The van der Waals surface area contributed by atoms with Gasteiger partial charge in [-0.1, -0.05) is 18.2 Å². The number of fused-ring (bicyclic) bond motifs is 1. The van der Waals surface area contributed by atoms with Crippen molar-refractivity contribution in [3.8, 4) is 0 Å². The molecule has 0 fully saturated rings. The highest BCUT2D eigenvalue weighted by atomic mass is 16.5. The van der Waals surface area contributed by atoms with E-state index in [9.17, 15) is 14.4 Å². The molecule has 6 nitrogen and oxygen atoms in total. The molecule has 2 aromatic rings. The molecule has 0 bridgehead atoms. The molecule has 2 heterocycles. The number of carbonyl (C=O) groups is 3. The highest BCUT2D eigenvalue weighted by Crippen LogP contribution is 2.26. The van der Waals surface area contributed by atoms with Gasteiger partial charge in [0.2, 0.25) is 0 Å². The van der Waals surface area contributed by atoms with Gasteiger partial charge in [-0.05, 0) is 18.2 Å². The summed E-state index contributed by atoms with van der Waals surface area (Å²) in [6.07, 6.45) is 1.47. The molecule has 1 aliphatic rings. The second-order valence-corrected chi connectivity index (χ2v) is 4.80. The molecular weight excluding hydrogens is 284 g/mol. The summed E-state index contributed by atoms with van der Waals surface area (Å²) in [5.41, 5.74) is 1.42. The van der Waals surface area contributed by atoms with Crippen LogP contribution in [-0.4, -0.2) is 22.8 Å². The first-order valence-electron chi connectivity index (χ1n) is 6.64. The number of rotatable bonds is 3. The van der Waals surface area contributed by atoms with E-state index in [0.29, 0.717) is 16.7 Å². The second-order valence-electron chi connectivity index (χ2n) is 4.80. The Balaban J connectivity index is 1.85. The van der Waals surface area contributed by atoms with E-state index in [1.807, 2.05) is 0 Å². The number of hydrogen-bond acceptors (Lipinski definition) is 5. The fourth-order valence-corrected chi connectivity index (χ4v) is 2.22. The molecule has 6 heteroatoms. The van der Waals surface area contributed by atoms with Gasteiger partial charge in [-0.2, -0.15) is 0 Å². The van der Waals surface area contributed by atoms with Crippen molar-refractivity contribution in [3.63, 3.8) is 0 Å². The Kier molecular flexibility index (Phi) is 3.42. The van der Waals surface area contributed by atoms with Crippen LogP contribution in [0.2, 0.25) is 0 Å². The lowest BCUT2D eigenvalue weighted by Gasteiger charge is -2.13. The van der Waals surface area contributed by atoms with Crippen molar-refractivity contribution < 1.29 is 19.1 Å². The third-order valence-electron chi connectivity index (χ3n) is 3.27. The SMILES string of the molecule is CC(=O)OCc1ccc(N2C(=O)c3ccccc3C2=O)nc1. The van der Waals surface area contributed by atoms with Gasteiger partial charge < -0.3 is 4.74 Å². The molecule has 0 aliphatic carbocycles. The molecule has 1 aliphatic heterocycles. The van der Waals surface area contributed by atoms with E-state index in [-0.39, 0.29) is 30.2 Å². The van der Waals surface area contributed by atoms with E-state index >= 15 is 0 Å². The number of imide groups is 1. The van der Waals surface area contributed by atoms with Gasteiger partial charge in [0, 0.05) is 18.7 Å². The van der Waals surface area contributed by atoms with Crippen LogP contribution in [0.3, 0.4) is 0 Å². The summed E-state index contributed by atoms with van der Waals surface area (Å²) in [4.78, 5) is 40.5. The maximum atomic E-state index is 12.3. The molecule has 0 saturated heterocycles. The number of amides is 2. The first-order chi connectivity index (χ1) is 10.6. The number of hydrogen-bond donors (Lipinski definition) is 0. The lowest BCUT2D eigenvalue weighted by Crippen LogP contribution is -2.30. The molecule has 0 saturated carbocycles. The first-order valence-corrected chi connectivity index (χ1v) is 6.64. The van der Waals surface area contributed by atoms with Gasteiger partial charge in [0.1, 0.15) is 12.4 Å². The maximum absolute atomic E-state index is 12.3. The van der Waals surface area contributed by atoms with Crippen molar-refractivity contribution in [1.29, 1.82) is 0 Å². The van der Waals surface area contributed by atoms with Crippen LogP contribution >= 0.6 is 0 Å². The summed E-state index contributed by atoms with van der Waals surface area (Å²) in [5, 5.41) is 0. The van der Waals surface area contributed by atoms with Gasteiger partial charge >= 0.3 is 5.97 Å². The second kappa shape index (κ2) is 5.40. The zero-order valence-electron chi connectivity index (χ0n) is 11.8. The number of aromatic nitrogens is 1. The molecule has 0 unspecified atom stereocenters. The van der Waals surface area contributed by atoms with Crippen LogP contribution in [0.5, 0.6) is 0 Å². The number of esters is 1. The van der Waals surface area contributed by atoms with E-state index in [4.69, 9.17) is 4.74 Å². The Bertz CT molecular complexity index is 733. The fourth-order valence-electron chi connectivity index (χ4n) is 2.22. The topological polar surface area (TPSA) is 76.6 Å². The van der Waals surface area contributed by atoms with Crippen LogP contribution in [0.1, 0.15) is 33.2 Å². The predicted octanol–water partition coefficient (Wildman–Crippen LogP) is 1.95. The van der Waals surface area contributed by atoms with Crippen molar-refractivity contribution in [2.24, 2.45) is 0 Å². The highest BCUT2D eigenvalue weighted by Gasteiger charge is 2.36. The number of pyridine rings is 1. The van der Waals surface area contributed by atoms with E-state index < -0.39 is 0 Å². The van der Waals surface area contributed by atoms with Crippen molar-refractivity contribution >= 4 is 23.6 Å². The van der Waals surface area contributed by atoms with Gasteiger partial charge in [-0.25, -0.2) is 9.88 Å². The Morgan fingerprint density at radius 2 is 1.73 bits per heavy atom.